The summed E-state index contributed by atoms with van der Waals surface area (Å²) in [6, 6.07) is 13.6. The number of hydrogen-bond donors (Lipinski definition) is 3. The molecule has 0 fully saturated rings. The summed E-state index contributed by atoms with van der Waals surface area (Å²) in [5.41, 5.74) is -0.845. The van der Waals surface area contributed by atoms with E-state index in [4.69, 9.17) is 0 Å². The van der Waals surface area contributed by atoms with E-state index in [2.05, 4.69) is 16.0 Å². The summed E-state index contributed by atoms with van der Waals surface area (Å²) in [6.45, 7) is 0. The summed E-state index contributed by atoms with van der Waals surface area (Å²) in [5, 5.41) is 39.5. The van der Waals surface area contributed by atoms with Crippen LogP contribution in [-0.2, 0) is 0 Å². The number of benzene rings is 3. The van der Waals surface area contributed by atoms with E-state index in [-0.39, 0.29) is 33.8 Å². The van der Waals surface area contributed by atoms with Crippen LogP contribution in [0.4, 0.5) is 17.1 Å². The molecule has 188 valence electrons. The molecule has 0 atom stereocenters. The van der Waals surface area contributed by atoms with Gasteiger partial charge in [-0.05, 0) is 36.4 Å². The van der Waals surface area contributed by atoms with Gasteiger partial charge in [-0.25, -0.2) is 0 Å². The molecular weight excluding hydrogens is 492 g/mol. The molecule has 15 heteroatoms. The molecule has 37 heavy (non-hydrogen) atoms. The number of nitrogens with zero attached hydrogens (tertiary/aromatic N) is 3. The topological polar surface area (TPSA) is 217 Å². The first kappa shape index (κ1) is 25.9. The normalized spacial score (nSPS) is 10.3. The predicted octanol–water partition coefficient (Wildman–Crippen LogP) is 2.28. The maximum Gasteiger partial charge on any atom is 0.269 e. The largest absolute Gasteiger partial charge is 0.315 e. The van der Waals surface area contributed by atoms with E-state index in [1.54, 1.807) is 0 Å². The second kappa shape index (κ2) is 11.1. The molecule has 0 bridgehead atoms. The third kappa shape index (κ3) is 6.66. The van der Waals surface area contributed by atoms with Gasteiger partial charge in [0.2, 0.25) is 0 Å². The van der Waals surface area contributed by atoms with Crippen molar-refractivity contribution in [3.8, 4) is 0 Å². The highest BCUT2D eigenvalue weighted by Crippen LogP contribution is 2.14. The molecule has 0 saturated heterocycles. The minimum Gasteiger partial charge on any atom is -0.315 e. The Balaban J connectivity index is 1.80. The highest BCUT2D eigenvalue weighted by atomic mass is 16.6. The summed E-state index contributed by atoms with van der Waals surface area (Å²) in [7, 11) is 0. The van der Waals surface area contributed by atoms with Crippen molar-refractivity contribution in [1.29, 1.82) is 0 Å². The van der Waals surface area contributed by atoms with Crippen molar-refractivity contribution in [1.82, 2.24) is 16.0 Å². The molecule has 3 N–H and O–H groups in total. The Morgan fingerprint density at radius 2 is 0.703 bits per heavy atom. The van der Waals surface area contributed by atoms with Crippen LogP contribution >= 0.6 is 0 Å². The van der Waals surface area contributed by atoms with Crippen LogP contribution in [0.2, 0.25) is 0 Å². The van der Waals surface area contributed by atoms with Crippen molar-refractivity contribution < 1.29 is 29.2 Å². The second-order valence-electron chi connectivity index (χ2n) is 7.27. The summed E-state index contributed by atoms with van der Waals surface area (Å²) >= 11 is 0. The molecule has 0 heterocycles. The van der Waals surface area contributed by atoms with Crippen LogP contribution in [0.5, 0.6) is 0 Å². The maximum absolute atomic E-state index is 12.7. The lowest BCUT2D eigenvalue weighted by atomic mass is 10.2. The van der Waals surface area contributed by atoms with E-state index in [1.807, 2.05) is 0 Å². The van der Waals surface area contributed by atoms with Gasteiger partial charge in [-0.1, -0.05) is 0 Å². The average Bonchev–Trinajstić information content (AvgIpc) is 2.88. The Kier molecular flexibility index (Phi) is 7.79. The Morgan fingerprint density at radius 1 is 0.486 bits per heavy atom. The zero-order valence-corrected chi connectivity index (χ0v) is 18.5. The minimum absolute atomic E-state index is 0.0234. The van der Waals surface area contributed by atoms with Gasteiger partial charge in [0.15, 0.2) is 6.29 Å². The molecule has 0 aliphatic rings. The number of amides is 3. The summed E-state index contributed by atoms with van der Waals surface area (Å²) in [5.74, 6) is -2.44. The quantitative estimate of drug-likeness (QED) is 0.219. The Morgan fingerprint density at radius 3 is 0.892 bits per heavy atom. The molecular formula is C22H16N6O9. The Bertz CT molecular complexity index is 1200. The van der Waals surface area contributed by atoms with Crippen LogP contribution < -0.4 is 16.0 Å². The number of hydrogen-bond acceptors (Lipinski definition) is 9. The van der Waals surface area contributed by atoms with E-state index in [1.165, 1.54) is 36.4 Å². The molecule has 0 aliphatic heterocycles. The van der Waals surface area contributed by atoms with E-state index >= 15 is 0 Å². The van der Waals surface area contributed by atoms with Crippen molar-refractivity contribution in [3.05, 3.63) is 120 Å². The standard InChI is InChI=1S/C22H16N6O9/c29-19(13-1-7-16(8-2-13)26(32)33)23-22(24-20(30)14-3-9-17(10-4-14)27(34)35)25-21(31)15-5-11-18(12-6-15)28(36)37/h1-12,22H,(H,23,29)(H,24,30)(H,25,31). The van der Waals surface area contributed by atoms with Gasteiger partial charge in [0, 0.05) is 53.1 Å². The average molecular weight is 508 g/mol. The van der Waals surface area contributed by atoms with Crippen LogP contribution in [0.15, 0.2) is 72.8 Å². The number of nitro benzene ring substituents is 3. The fourth-order valence-corrected chi connectivity index (χ4v) is 2.96. The van der Waals surface area contributed by atoms with Gasteiger partial charge in [-0.3, -0.25) is 44.7 Å². The van der Waals surface area contributed by atoms with Crippen LogP contribution in [0.25, 0.3) is 0 Å². The predicted molar refractivity (Wildman–Crippen MR) is 125 cm³/mol. The zero-order valence-electron chi connectivity index (χ0n) is 18.5. The Hall–Kier alpha value is -5.73. The van der Waals surface area contributed by atoms with Crippen molar-refractivity contribution in [2.24, 2.45) is 0 Å². The van der Waals surface area contributed by atoms with Crippen molar-refractivity contribution in [2.45, 2.75) is 6.29 Å². The maximum atomic E-state index is 12.7. The molecule has 3 amide bonds. The zero-order chi connectivity index (χ0) is 27.1. The fourth-order valence-electron chi connectivity index (χ4n) is 2.96. The number of non-ortho nitro benzene ring substituents is 3. The molecule has 0 aromatic heterocycles. The summed E-state index contributed by atoms with van der Waals surface area (Å²) < 4.78 is 0. The van der Waals surface area contributed by atoms with Crippen molar-refractivity contribution in [2.75, 3.05) is 0 Å². The van der Waals surface area contributed by atoms with Gasteiger partial charge in [-0.15, -0.1) is 0 Å². The molecule has 3 aromatic carbocycles. The SMILES string of the molecule is O=C(NC(NC(=O)c1ccc([N+](=O)[O-])cc1)NC(=O)c1ccc([N+](=O)[O-])cc1)c1ccc([N+](=O)[O-])cc1. The van der Waals surface area contributed by atoms with Gasteiger partial charge >= 0.3 is 0 Å². The number of carbonyl (C=O) groups is 3. The van der Waals surface area contributed by atoms with Crippen molar-refractivity contribution >= 4 is 34.8 Å². The second-order valence-corrected chi connectivity index (χ2v) is 7.27. The smallest absolute Gasteiger partial charge is 0.269 e. The fraction of sp³-hybridized carbons (Fsp3) is 0.0455. The number of nitrogens with one attached hydrogen (secondary N) is 3. The monoisotopic (exact) mass is 508 g/mol. The molecule has 0 spiro atoms. The molecule has 3 aromatic rings. The van der Waals surface area contributed by atoms with Crippen LogP contribution in [0, 0.1) is 30.3 Å². The number of nitro groups is 3. The lowest BCUT2D eigenvalue weighted by Crippen LogP contribution is -2.58. The third-order valence-electron chi connectivity index (χ3n) is 4.85. The molecule has 0 radical (unpaired) electrons. The third-order valence-corrected chi connectivity index (χ3v) is 4.85. The highest BCUT2D eigenvalue weighted by Gasteiger charge is 2.21. The van der Waals surface area contributed by atoms with E-state index in [0.29, 0.717) is 0 Å². The lowest BCUT2D eigenvalue weighted by molar-refractivity contribution is -0.385. The van der Waals surface area contributed by atoms with E-state index < -0.39 is 38.8 Å². The first-order valence-electron chi connectivity index (χ1n) is 10.2. The lowest BCUT2D eigenvalue weighted by Gasteiger charge is -2.21. The first-order valence-corrected chi connectivity index (χ1v) is 10.2. The van der Waals surface area contributed by atoms with E-state index in [9.17, 15) is 44.7 Å². The number of carbonyl (C=O) groups excluding carboxylic acids is 3. The molecule has 0 unspecified atom stereocenters. The molecule has 0 saturated carbocycles. The highest BCUT2D eigenvalue weighted by molar-refractivity contribution is 5.99. The van der Waals surface area contributed by atoms with Crippen LogP contribution in [0.1, 0.15) is 31.1 Å². The van der Waals surface area contributed by atoms with Gasteiger partial charge in [0.05, 0.1) is 14.8 Å². The van der Waals surface area contributed by atoms with Crippen LogP contribution in [0.3, 0.4) is 0 Å². The summed E-state index contributed by atoms with van der Waals surface area (Å²) in [4.78, 5) is 68.5. The van der Waals surface area contributed by atoms with Crippen LogP contribution in [-0.4, -0.2) is 38.8 Å². The van der Waals surface area contributed by atoms with E-state index in [0.717, 1.165) is 36.4 Å². The van der Waals surface area contributed by atoms with Gasteiger partial charge in [0.25, 0.3) is 34.8 Å². The van der Waals surface area contributed by atoms with Crippen molar-refractivity contribution in [3.63, 3.8) is 0 Å². The molecule has 15 nitrogen and oxygen atoms in total. The molecule has 0 aliphatic carbocycles. The first-order chi connectivity index (χ1) is 17.5. The summed E-state index contributed by atoms with van der Waals surface area (Å²) in [6.07, 6.45) is -1.52. The van der Waals surface area contributed by atoms with Gasteiger partial charge in [-0.2, -0.15) is 0 Å². The van der Waals surface area contributed by atoms with Gasteiger partial charge < -0.3 is 16.0 Å². The molecule has 3 rings (SSSR count). The number of rotatable bonds is 9. The minimum atomic E-state index is -1.52. The Labute approximate surface area is 206 Å². The van der Waals surface area contributed by atoms with Gasteiger partial charge in [0.1, 0.15) is 0 Å².